The molecule has 4 rings (SSSR count). The van der Waals surface area contributed by atoms with Gasteiger partial charge in [0.25, 0.3) is 0 Å². The number of alkyl halides is 3. The quantitative estimate of drug-likeness (QED) is 0.0857. The third kappa shape index (κ3) is 9.16. The van der Waals surface area contributed by atoms with E-state index in [1.54, 1.807) is 30.3 Å². The van der Waals surface area contributed by atoms with Gasteiger partial charge in [-0.25, -0.2) is 23.7 Å². The summed E-state index contributed by atoms with van der Waals surface area (Å²) >= 11 is 0. The van der Waals surface area contributed by atoms with Crippen molar-refractivity contribution < 1.29 is 55.8 Å². The van der Waals surface area contributed by atoms with Gasteiger partial charge in [-0.3, -0.25) is 14.9 Å². The molecule has 3 aromatic rings. The second kappa shape index (κ2) is 15.2. The summed E-state index contributed by atoms with van der Waals surface area (Å²) in [5, 5.41) is 24.2. The number of nitrogens with zero attached hydrogens (tertiary/aromatic N) is 4. The van der Waals surface area contributed by atoms with E-state index in [4.69, 9.17) is 16.2 Å². The summed E-state index contributed by atoms with van der Waals surface area (Å²) in [6.07, 6.45) is -5.40. The summed E-state index contributed by atoms with van der Waals surface area (Å²) in [4.78, 5) is 26.7. The van der Waals surface area contributed by atoms with Crippen molar-refractivity contribution in [1.82, 2.24) is 25.0 Å². The maximum absolute atomic E-state index is 14.4. The lowest BCUT2D eigenvalue weighted by atomic mass is 9.98. The van der Waals surface area contributed by atoms with E-state index in [2.05, 4.69) is 24.9 Å². The highest BCUT2D eigenvalue weighted by molar-refractivity contribution is 7.25. The summed E-state index contributed by atoms with van der Waals surface area (Å²) in [6, 6.07) is 7.16. The number of hydrogen-bond donors (Lipinski definition) is 4. The van der Waals surface area contributed by atoms with Crippen LogP contribution in [0.1, 0.15) is 35.2 Å². The van der Waals surface area contributed by atoms with E-state index in [-0.39, 0.29) is 43.9 Å². The molecule has 0 aliphatic carbocycles. The van der Waals surface area contributed by atoms with E-state index in [1.165, 1.54) is 4.90 Å². The van der Waals surface area contributed by atoms with Crippen LogP contribution in [0, 0.1) is 17.5 Å². The lowest BCUT2D eigenvalue weighted by Crippen LogP contribution is -2.46. The van der Waals surface area contributed by atoms with E-state index in [1.807, 2.05) is 0 Å². The molecule has 0 saturated carbocycles. The summed E-state index contributed by atoms with van der Waals surface area (Å²) in [6.45, 7) is -0.546. The molecule has 1 aromatic heterocycles. The molecule has 0 saturated heterocycles. The zero-order chi connectivity index (χ0) is 31.7. The predicted octanol–water partition coefficient (Wildman–Crippen LogP) is 3.35. The highest BCUT2D eigenvalue weighted by Gasteiger charge is 2.40. The second-order valence-electron chi connectivity index (χ2n) is 9.05. The van der Waals surface area contributed by atoms with Gasteiger partial charge in [-0.05, 0) is 23.6 Å². The van der Waals surface area contributed by atoms with Crippen LogP contribution in [0.15, 0.2) is 42.5 Å². The SMILES string of the molecule is NC(=O)C(NC(CC(=O)N1CCn2c(nnc2C(F)(F)F)C1)Cc1cc(F)c(F)cc1F)c1ccccc1.OOPOO. The number of rotatable bonds is 10. The van der Waals surface area contributed by atoms with Crippen molar-refractivity contribution in [3.63, 3.8) is 0 Å². The lowest BCUT2D eigenvalue weighted by Gasteiger charge is -2.31. The molecule has 0 fully saturated rings. The molecule has 2 heterocycles. The summed E-state index contributed by atoms with van der Waals surface area (Å²) < 4.78 is 88.5. The Morgan fingerprint density at radius 1 is 1.02 bits per heavy atom. The van der Waals surface area contributed by atoms with E-state index in [0.29, 0.717) is 17.7 Å². The second-order valence-corrected chi connectivity index (χ2v) is 9.58. The van der Waals surface area contributed by atoms with Gasteiger partial charge in [0.2, 0.25) is 26.7 Å². The van der Waals surface area contributed by atoms with E-state index >= 15 is 0 Å². The average molecular weight is 638 g/mol. The summed E-state index contributed by atoms with van der Waals surface area (Å²) in [5.74, 6) is -6.31. The number of carbonyl (C=O) groups excluding carboxylic acids is 2. The number of carbonyl (C=O) groups is 2. The topological polar surface area (TPSA) is 165 Å². The van der Waals surface area contributed by atoms with Gasteiger partial charge in [0.05, 0.1) is 6.54 Å². The number of nitrogens with two attached hydrogens (primary N) is 1. The molecule has 0 bridgehead atoms. The van der Waals surface area contributed by atoms with Crippen molar-refractivity contribution in [2.24, 2.45) is 5.73 Å². The van der Waals surface area contributed by atoms with Crippen LogP contribution in [-0.2, 0) is 44.6 Å². The Labute approximate surface area is 241 Å². The minimum absolute atomic E-state index is 0.0626. The fourth-order valence-corrected chi connectivity index (χ4v) is 4.37. The Morgan fingerprint density at radius 3 is 2.26 bits per heavy atom. The Balaban J connectivity index is 0.000000934. The van der Waals surface area contributed by atoms with Crippen LogP contribution >= 0.6 is 9.03 Å². The molecule has 19 heteroatoms. The van der Waals surface area contributed by atoms with Gasteiger partial charge in [-0.1, -0.05) is 30.3 Å². The average Bonchev–Trinajstić information content (AvgIpc) is 3.40. The zero-order valence-electron chi connectivity index (χ0n) is 21.9. The number of amides is 2. The van der Waals surface area contributed by atoms with E-state index in [9.17, 15) is 35.9 Å². The normalized spacial score (nSPS) is 14.4. The number of nitrogens with one attached hydrogen (secondary N) is 1. The minimum Gasteiger partial charge on any atom is -0.368 e. The first-order valence-corrected chi connectivity index (χ1v) is 13.0. The first-order chi connectivity index (χ1) is 20.3. The number of hydrogen-bond acceptors (Lipinski definition) is 9. The van der Waals surface area contributed by atoms with Crippen LogP contribution in [0.3, 0.4) is 0 Å². The molecule has 1 aliphatic heterocycles. The van der Waals surface area contributed by atoms with Crippen LogP contribution < -0.4 is 11.1 Å². The highest BCUT2D eigenvalue weighted by atomic mass is 31.1. The highest BCUT2D eigenvalue weighted by Crippen LogP contribution is 2.29. The summed E-state index contributed by atoms with van der Waals surface area (Å²) in [7, 11) is -0.691. The number of benzene rings is 2. The van der Waals surface area contributed by atoms with Gasteiger partial charge >= 0.3 is 6.18 Å². The molecule has 2 aromatic carbocycles. The number of halogens is 6. The van der Waals surface area contributed by atoms with Crippen molar-refractivity contribution in [2.75, 3.05) is 6.54 Å². The Kier molecular flexibility index (Phi) is 11.9. The van der Waals surface area contributed by atoms with Crippen molar-refractivity contribution in [3.8, 4) is 0 Å². The molecule has 0 radical (unpaired) electrons. The van der Waals surface area contributed by atoms with Crippen molar-refractivity contribution >= 4 is 20.8 Å². The predicted molar refractivity (Wildman–Crippen MR) is 136 cm³/mol. The minimum atomic E-state index is -4.71. The molecule has 43 heavy (non-hydrogen) atoms. The first kappa shape index (κ1) is 33.8. The van der Waals surface area contributed by atoms with E-state index in [0.717, 1.165) is 4.57 Å². The van der Waals surface area contributed by atoms with Crippen LogP contribution in [0.4, 0.5) is 26.3 Å². The molecule has 5 N–H and O–H groups in total. The van der Waals surface area contributed by atoms with E-state index < -0.39 is 62.4 Å². The van der Waals surface area contributed by atoms with Crippen molar-refractivity contribution in [2.45, 2.75) is 44.2 Å². The van der Waals surface area contributed by atoms with Crippen molar-refractivity contribution in [1.29, 1.82) is 0 Å². The fraction of sp³-hybridized carbons (Fsp3) is 0.333. The smallest absolute Gasteiger partial charge is 0.368 e. The van der Waals surface area contributed by atoms with Crippen molar-refractivity contribution in [3.05, 3.63) is 82.7 Å². The third-order valence-corrected chi connectivity index (χ3v) is 6.38. The first-order valence-electron chi connectivity index (χ1n) is 12.2. The molecular formula is C24H25F6N6O6P. The Bertz CT molecular complexity index is 1400. The molecule has 12 nitrogen and oxygen atoms in total. The number of primary amides is 1. The molecule has 0 spiro atoms. The fourth-order valence-electron chi connectivity index (χ4n) is 4.34. The largest absolute Gasteiger partial charge is 0.451 e. The van der Waals surface area contributed by atoms with Gasteiger partial charge in [0, 0.05) is 31.6 Å². The molecule has 234 valence electrons. The maximum Gasteiger partial charge on any atom is 0.451 e. The number of aromatic nitrogens is 3. The Morgan fingerprint density at radius 2 is 1.67 bits per heavy atom. The van der Waals surface area contributed by atoms with Gasteiger partial charge in [-0.2, -0.15) is 22.5 Å². The van der Waals surface area contributed by atoms with Gasteiger partial charge in [0.1, 0.15) is 11.9 Å². The monoisotopic (exact) mass is 638 g/mol. The zero-order valence-corrected chi connectivity index (χ0v) is 22.9. The third-order valence-electron chi connectivity index (χ3n) is 6.23. The Hall–Kier alpha value is -3.67. The lowest BCUT2D eigenvalue weighted by molar-refractivity contribution is -0.186. The molecule has 2 atom stereocenters. The maximum atomic E-state index is 14.4. The molecule has 1 aliphatic rings. The van der Waals surface area contributed by atoms with Gasteiger partial charge < -0.3 is 15.2 Å². The van der Waals surface area contributed by atoms with Crippen LogP contribution in [0.2, 0.25) is 0 Å². The van der Waals surface area contributed by atoms with Crippen LogP contribution in [0.5, 0.6) is 0 Å². The summed E-state index contributed by atoms with van der Waals surface area (Å²) in [5.41, 5.74) is 5.76. The van der Waals surface area contributed by atoms with Crippen LogP contribution in [0.25, 0.3) is 0 Å². The standard InChI is InChI=1S/C24H22F6N6O2.H3O4P/c25-16-11-18(27)17(26)9-14(16)8-15(32-21(22(31)38)13-4-2-1-3-5-13)10-20(37)35-6-7-36-19(12-35)33-34-23(36)24(28,29)30;1-3-5-4-2/h1-5,9,11,15,21,32H,6-8,10,12H2,(H2,31,38);1-2,5H. The molecule has 2 unspecified atom stereocenters. The molecular weight excluding hydrogens is 613 g/mol. The molecule has 2 amide bonds. The van der Waals surface area contributed by atoms with Crippen LogP contribution in [-0.4, -0.2) is 54.6 Å². The van der Waals surface area contributed by atoms with Gasteiger partial charge in [-0.15, -0.1) is 10.2 Å². The number of fused-ring (bicyclic) bond motifs is 1. The van der Waals surface area contributed by atoms with Gasteiger partial charge in [0.15, 0.2) is 17.5 Å².